The summed E-state index contributed by atoms with van der Waals surface area (Å²) in [4.78, 5) is 19.2. The fourth-order valence-electron chi connectivity index (χ4n) is 3.32. The molecule has 7 nitrogen and oxygen atoms in total. The van der Waals surface area contributed by atoms with Gasteiger partial charge in [0.15, 0.2) is 0 Å². The minimum Gasteiger partial charge on any atom is -0.497 e. The van der Waals surface area contributed by atoms with Crippen molar-refractivity contribution in [2.75, 3.05) is 14.2 Å². The van der Waals surface area contributed by atoms with E-state index in [-0.39, 0.29) is 5.91 Å². The minimum atomic E-state index is -0.0730. The molecule has 0 unspecified atom stereocenters. The normalized spacial score (nSPS) is 12.8. The maximum Gasteiger partial charge on any atom is 0.272 e. The van der Waals surface area contributed by atoms with Crippen LogP contribution in [-0.2, 0) is 20.1 Å². The highest BCUT2D eigenvalue weighted by Gasteiger charge is 2.27. The van der Waals surface area contributed by atoms with Gasteiger partial charge in [-0.2, -0.15) is 5.10 Å². The van der Waals surface area contributed by atoms with Crippen LogP contribution in [0.1, 0.15) is 21.7 Å². The van der Waals surface area contributed by atoms with E-state index in [1.165, 1.54) is 0 Å². The lowest BCUT2D eigenvalue weighted by Crippen LogP contribution is -2.27. The Labute approximate surface area is 157 Å². The fourth-order valence-corrected chi connectivity index (χ4v) is 3.32. The molecule has 7 heteroatoms. The van der Waals surface area contributed by atoms with Crippen LogP contribution in [0.15, 0.2) is 42.6 Å². The summed E-state index contributed by atoms with van der Waals surface area (Å²) in [6, 6.07) is 11.2. The fraction of sp³-hybridized carbons (Fsp3) is 0.250. The molecule has 0 spiro atoms. The topological polar surface area (TPSA) is 69.5 Å². The number of carbonyl (C=O) groups excluding carboxylic acids is 1. The molecule has 27 heavy (non-hydrogen) atoms. The van der Waals surface area contributed by atoms with Crippen molar-refractivity contribution in [2.45, 2.75) is 13.1 Å². The van der Waals surface area contributed by atoms with Gasteiger partial charge in [0.1, 0.15) is 17.2 Å². The highest BCUT2D eigenvalue weighted by atomic mass is 16.5. The summed E-state index contributed by atoms with van der Waals surface area (Å²) in [6.45, 7) is 1.07. The molecule has 1 aliphatic heterocycles. The maximum absolute atomic E-state index is 13.0. The van der Waals surface area contributed by atoms with E-state index >= 15 is 0 Å². The van der Waals surface area contributed by atoms with Crippen molar-refractivity contribution in [1.82, 2.24) is 19.7 Å². The van der Waals surface area contributed by atoms with Crippen LogP contribution >= 0.6 is 0 Å². The summed E-state index contributed by atoms with van der Waals surface area (Å²) < 4.78 is 12.4. The molecule has 0 saturated heterocycles. The van der Waals surface area contributed by atoms with Gasteiger partial charge in [0.2, 0.25) is 0 Å². The van der Waals surface area contributed by atoms with Gasteiger partial charge in [0.25, 0.3) is 5.91 Å². The molecule has 0 radical (unpaired) electrons. The first-order chi connectivity index (χ1) is 13.1. The van der Waals surface area contributed by atoms with E-state index in [1.54, 1.807) is 43.1 Å². The Morgan fingerprint density at radius 3 is 2.70 bits per heavy atom. The summed E-state index contributed by atoms with van der Waals surface area (Å²) in [5.74, 6) is 1.30. The maximum atomic E-state index is 13.0. The molecule has 138 valence electrons. The summed E-state index contributed by atoms with van der Waals surface area (Å²) in [6.07, 6.45) is 1.75. The Kier molecular flexibility index (Phi) is 4.27. The van der Waals surface area contributed by atoms with E-state index in [4.69, 9.17) is 9.47 Å². The van der Waals surface area contributed by atoms with E-state index in [1.807, 2.05) is 30.3 Å². The van der Waals surface area contributed by atoms with E-state index in [9.17, 15) is 4.79 Å². The van der Waals surface area contributed by atoms with Crippen molar-refractivity contribution >= 4 is 5.91 Å². The Morgan fingerprint density at radius 2 is 1.96 bits per heavy atom. The standard InChI is InChI=1S/C20H20N4O3/c1-23-18(20(25)24-11-13-5-4-8-21-17(13)12-24)10-16(22-23)15-9-14(26-2)6-7-19(15)27-3/h4-10H,11-12H2,1-3H3. The van der Waals surface area contributed by atoms with Gasteiger partial charge in [-0.25, -0.2) is 0 Å². The first kappa shape index (κ1) is 17.1. The number of nitrogens with zero attached hydrogens (tertiary/aromatic N) is 4. The van der Waals surface area contributed by atoms with Crippen LogP contribution in [0, 0.1) is 0 Å². The van der Waals surface area contributed by atoms with Crippen molar-refractivity contribution in [1.29, 1.82) is 0 Å². The molecule has 1 aromatic carbocycles. The molecule has 4 rings (SSSR count). The van der Waals surface area contributed by atoms with Gasteiger partial charge < -0.3 is 14.4 Å². The van der Waals surface area contributed by atoms with Crippen LogP contribution in [0.25, 0.3) is 11.3 Å². The van der Waals surface area contributed by atoms with Crippen LogP contribution in [0.5, 0.6) is 11.5 Å². The van der Waals surface area contributed by atoms with Crippen LogP contribution in [-0.4, -0.2) is 39.8 Å². The first-order valence-electron chi connectivity index (χ1n) is 8.59. The number of amides is 1. The highest BCUT2D eigenvalue weighted by Crippen LogP contribution is 2.33. The lowest BCUT2D eigenvalue weighted by Gasteiger charge is -2.14. The predicted octanol–water partition coefficient (Wildman–Crippen LogP) is 2.66. The van der Waals surface area contributed by atoms with E-state index < -0.39 is 0 Å². The van der Waals surface area contributed by atoms with E-state index in [0.717, 1.165) is 16.8 Å². The molecule has 0 N–H and O–H groups in total. The Bertz CT molecular complexity index is 987. The second-order valence-corrected chi connectivity index (χ2v) is 6.38. The monoisotopic (exact) mass is 364 g/mol. The number of aromatic nitrogens is 3. The van der Waals surface area contributed by atoms with Gasteiger partial charge in [-0.3, -0.25) is 14.5 Å². The second kappa shape index (κ2) is 6.75. The molecule has 1 aliphatic rings. The van der Waals surface area contributed by atoms with Gasteiger partial charge in [0, 0.05) is 25.4 Å². The lowest BCUT2D eigenvalue weighted by atomic mass is 10.1. The number of rotatable bonds is 4. The zero-order chi connectivity index (χ0) is 19.0. The highest BCUT2D eigenvalue weighted by molar-refractivity contribution is 5.94. The number of pyridine rings is 1. The third-order valence-electron chi connectivity index (χ3n) is 4.76. The van der Waals surface area contributed by atoms with Crippen molar-refractivity contribution in [3.8, 4) is 22.8 Å². The zero-order valence-corrected chi connectivity index (χ0v) is 15.5. The zero-order valence-electron chi connectivity index (χ0n) is 15.5. The van der Waals surface area contributed by atoms with E-state index in [0.29, 0.717) is 36.0 Å². The van der Waals surface area contributed by atoms with Gasteiger partial charge in [0.05, 0.1) is 32.2 Å². The number of aryl methyl sites for hydroxylation is 1. The van der Waals surface area contributed by atoms with E-state index in [2.05, 4.69) is 10.1 Å². The number of methoxy groups -OCH3 is 2. The predicted molar refractivity (Wildman–Crippen MR) is 99.6 cm³/mol. The number of hydrogen-bond donors (Lipinski definition) is 0. The Hall–Kier alpha value is -3.35. The molecular weight excluding hydrogens is 344 g/mol. The second-order valence-electron chi connectivity index (χ2n) is 6.38. The number of hydrogen-bond acceptors (Lipinski definition) is 5. The molecule has 3 heterocycles. The molecule has 0 bridgehead atoms. The minimum absolute atomic E-state index is 0.0730. The summed E-state index contributed by atoms with van der Waals surface area (Å²) in [7, 11) is 4.98. The molecule has 3 aromatic rings. The summed E-state index contributed by atoms with van der Waals surface area (Å²) in [5, 5.41) is 4.52. The molecule has 0 atom stereocenters. The van der Waals surface area contributed by atoms with Crippen molar-refractivity contribution < 1.29 is 14.3 Å². The number of ether oxygens (including phenoxy) is 2. The summed E-state index contributed by atoms with van der Waals surface area (Å²) >= 11 is 0. The Balaban J connectivity index is 1.66. The van der Waals surface area contributed by atoms with Crippen molar-refractivity contribution in [2.24, 2.45) is 7.05 Å². The smallest absolute Gasteiger partial charge is 0.272 e. The largest absolute Gasteiger partial charge is 0.497 e. The average Bonchev–Trinajstić information content (AvgIpc) is 3.30. The molecule has 1 amide bonds. The van der Waals surface area contributed by atoms with Gasteiger partial charge in [-0.05, 0) is 35.9 Å². The lowest BCUT2D eigenvalue weighted by molar-refractivity contribution is 0.0739. The van der Waals surface area contributed by atoms with Gasteiger partial charge in [-0.15, -0.1) is 0 Å². The van der Waals surface area contributed by atoms with Crippen LogP contribution in [0.3, 0.4) is 0 Å². The van der Waals surface area contributed by atoms with Gasteiger partial charge in [-0.1, -0.05) is 6.07 Å². The quantitative estimate of drug-likeness (QED) is 0.712. The molecule has 2 aromatic heterocycles. The first-order valence-corrected chi connectivity index (χ1v) is 8.59. The third kappa shape index (κ3) is 3.01. The SMILES string of the molecule is COc1ccc(OC)c(-c2cc(C(=O)N3Cc4cccnc4C3)n(C)n2)c1. The van der Waals surface area contributed by atoms with Crippen molar-refractivity contribution in [3.63, 3.8) is 0 Å². The molecule has 0 saturated carbocycles. The van der Waals surface area contributed by atoms with Gasteiger partial charge >= 0.3 is 0 Å². The summed E-state index contributed by atoms with van der Waals surface area (Å²) in [5.41, 5.74) is 3.98. The third-order valence-corrected chi connectivity index (χ3v) is 4.76. The van der Waals surface area contributed by atoms with Crippen LogP contribution < -0.4 is 9.47 Å². The number of carbonyl (C=O) groups is 1. The van der Waals surface area contributed by atoms with Crippen LogP contribution in [0.2, 0.25) is 0 Å². The number of fused-ring (bicyclic) bond motifs is 1. The molecule has 0 fully saturated rings. The average molecular weight is 364 g/mol. The molecular formula is C20H20N4O3. The van der Waals surface area contributed by atoms with Crippen molar-refractivity contribution in [3.05, 3.63) is 59.5 Å². The molecule has 0 aliphatic carbocycles. The number of benzene rings is 1. The van der Waals surface area contributed by atoms with Crippen LogP contribution in [0.4, 0.5) is 0 Å². The Morgan fingerprint density at radius 1 is 1.11 bits per heavy atom.